The molecule has 1 aliphatic rings. The first-order valence-electron chi connectivity index (χ1n) is 20.9. The van der Waals surface area contributed by atoms with Crippen LogP contribution in [0.2, 0.25) is 5.15 Å². The molecule has 0 bridgehead atoms. The summed E-state index contributed by atoms with van der Waals surface area (Å²) in [5.74, 6) is 0.557. The van der Waals surface area contributed by atoms with E-state index in [0.29, 0.717) is 24.6 Å². The van der Waals surface area contributed by atoms with Crippen molar-refractivity contribution >= 4 is 41.0 Å². The zero-order chi connectivity index (χ0) is 43.9. The molecule has 0 radical (unpaired) electrons. The van der Waals surface area contributed by atoms with Crippen molar-refractivity contribution in [2.75, 3.05) is 65.0 Å². The largest absolute Gasteiger partial charge is 0.484 e. The molecule has 326 valence electrons. The maximum atomic E-state index is 13.4. The highest BCUT2D eigenvalue weighted by atomic mass is 35.5. The maximum Gasteiger partial charge on any atom is 0.274 e. The zero-order valence-corrected chi connectivity index (χ0v) is 36.2. The lowest BCUT2D eigenvalue weighted by Crippen LogP contribution is -2.60. The highest BCUT2D eigenvalue weighted by molar-refractivity contribution is 6.31. The molecule has 62 heavy (non-hydrogen) atoms. The van der Waals surface area contributed by atoms with Gasteiger partial charge in [-0.05, 0) is 96.5 Å². The van der Waals surface area contributed by atoms with Crippen LogP contribution in [0, 0.1) is 0 Å². The second kappa shape index (κ2) is 22.0. The average Bonchev–Trinajstić information content (AvgIpc) is 3.27. The Morgan fingerprint density at radius 3 is 1.68 bits per heavy atom. The molecular weight excluding hydrogens is 808 g/mol. The predicted molar refractivity (Wildman–Crippen MR) is 238 cm³/mol. The van der Waals surface area contributed by atoms with Crippen LogP contribution in [0.25, 0.3) is 0 Å². The van der Waals surface area contributed by atoms with Gasteiger partial charge >= 0.3 is 0 Å². The summed E-state index contributed by atoms with van der Waals surface area (Å²) in [7, 11) is 3.52. The van der Waals surface area contributed by atoms with Gasteiger partial charge in [0.1, 0.15) is 11.5 Å². The number of aromatic nitrogens is 4. The Bertz CT molecular complexity index is 2120. The Morgan fingerprint density at radius 2 is 1.19 bits per heavy atom. The third kappa shape index (κ3) is 13.3. The molecular formula is C46H56ClN10O5+. The highest BCUT2D eigenvalue weighted by Crippen LogP contribution is 2.25. The van der Waals surface area contributed by atoms with Crippen molar-refractivity contribution < 1.29 is 28.3 Å². The number of halogens is 1. The van der Waals surface area contributed by atoms with Crippen LogP contribution in [0.15, 0.2) is 97.6 Å². The van der Waals surface area contributed by atoms with Crippen molar-refractivity contribution in [2.45, 2.75) is 57.7 Å². The minimum absolute atomic E-state index is 0.0233. The van der Waals surface area contributed by atoms with Gasteiger partial charge in [0.25, 0.3) is 17.7 Å². The number of carbonyl (C=O) groups is 3. The topological polar surface area (TPSA) is 192 Å². The van der Waals surface area contributed by atoms with Crippen molar-refractivity contribution in [3.63, 3.8) is 0 Å². The number of nitrogens with two attached hydrogens (primary N) is 2. The first kappa shape index (κ1) is 45.2. The fourth-order valence-electron chi connectivity index (χ4n) is 7.77. The van der Waals surface area contributed by atoms with E-state index in [4.69, 9.17) is 32.5 Å². The summed E-state index contributed by atoms with van der Waals surface area (Å²) in [5.41, 5.74) is 16.1. The molecule has 0 spiro atoms. The minimum Gasteiger partial charge on any atom is -0.484 e. The summed E-state index contributed by atoms with van der Waals surface area (Å²) in [6, 6.07) is 23.3. The van der Waals surface area contributed by atoms with Crippen LogP contribution in [-0.2, 0) is 35.5 Å². The van der Waals surface area contributed by atoms with E-state index >= 15 is 0 Å². The van der Waals surface area contributed by atoms with Gasteiger partial charge in [-0.2, -0.15) is 0 Å². The van der Waals surface area contributed by atoms with Gasteiger partial charge in [-0.1, -0.05) is 35.9 Å². The van der Waals surface area contributed by atoms with Crippen LogP contribution in [0.4, 0.5) is 11.6 Å². The SMILES string of the molecule is CN(Cc1ccncc1)C(=O)COc1ccc(CCC[N+]2(CCCc3ccc(OCC(=O)N(C)Cc4ccncc4)cc3)CCC[C@H](NC(=O)c3nc(Cl)c(N)nc3N)C2)cc1. The molecule has 0 unspecified atom stereocenters. The van der Waals surface area contributed by atoms with E-state index in [0.717, 1.165) is 80.3 Å². The van der Waals surface area contributed by atoms with E-state index in [1.165, 1.54) is 11.1 Å². The van der Waals surface area contributed by atoms with E-state index in [9.17, 15) is 14.4 Å². The first-order valence-corrected chi connectivity index (χ1v) is 21.3. The van der Waals surface area contributed by atoms with Gasteiger partial charge in [-0.25, -0.2) is 9.97 Å². The second-order valence-electron chi connectivity index (χ2n) is 15.9. The van der Waals surface area contributed by atoms with E-state index in [2.05, 4.69) is 49.5 Å². The summed E-state index contributed by atoms with van der Waals surface area (Å²) < 4.78 is 12.5. The van der Waals surface area contributed by atoms with Crippen molar-refractivity contribution in [3.05, 3.63) is 131 Å². The molecule has 1 atom stereocenters. The Balaban J connectivity index is 1.02. The number of pyridine rings is 2. The third-order valence-corrected chi connectivity index (χ3v) is 11.5. The number of likely N-dealkylation sites (N-methyl/N-ethyl adjacent to an activating group) is 2. The summed E-state index contributed by atoms with van der Waals surface area (Å²) in [5, 5.41) is 3.10. The summed E-state index contributed by atoms with van der Waals surface area (Å²) in [4.78, 5) is 58.2. The van der Waals surface area contributed by atoms with Gasteiger partial charge in [0.2, 0.25) is 0 Å². The van der Waals surface area contributed by atoms with Gasteiger partial charge < -0.3 is 40.5 Å². The molecule has 1 aliphatic heterocycles. The number of carbonyl (C=O) groups excluding carboxylic acids is 3. The number of benzene rings is 2. The number of hydrogen-bond donors (Lipinski definition) is 3. The number of nitrogen functional groups attached to an aromatic ring is 2. The van der Waals surface area contributed by atoms with Gasteiger partial charge in [-0.15, -0.1) is 0 Å². The number of likely N-dealkylation sites (tertiary alicyclic amines) is 1. The number of aryl methyl sites for hydroxylation is 2. The van der Waals surface area contributed by atoms with Gasteiger partial charge in [0.15, 0.2) is 35.7 Å². The number of amides is 3. The standard InChI is InChI=1S/C46H55ClN10O5/c1-55(28-35-17-21-50-22-18-35)40(58)31-61-38-13-9-33(10-14-38)6-3-25-57(27-5-8-37(30-57)52-46(60)42-44(48)54-45(49)43(47)53-42)26-4-7-34-11-15-39(16-12-34)62-32-41(59)56(2)29-36-19-23-51-24-20-36/h9-24,37H,3-8,25-32H2,1-2H3,(H4-,48,49,52,54,60)/p+1/t37-/m0/s1. The number of piperidine rings is 1. The number of anilines is 2. The van der Waals surface area contributed by atoms with E-state index in [1.54, 1.807) is 48.7 Å². The van der Waals surface area contributed by atoms with Gasteiger partial charge in [-0.3, -0.25) is 24.4 Å². The number of nitrogens with zero attached hydrogens (tertiary/aromatic N) is 7. The average molecular weight is 864 g/mol. The van der Waals surface area contributed by atoms with Crippen LogP contribution in [0.3, 0.4) is 0 Å². The van der Waals surface area contributed by atoms with E-state index in [1.807, 2.05) is 48.5 Å². The quantitative estimate of drug-likeness (QED) is 0.0879. The Morgan fingerprint density at radius 1 is 0.710 bits per heavy atom. The molecule has 5 N–H and O–H groups in total. The molecule has 0 saturated carbocycles. The minimum atomic E-state index is -0.421. The van der Waals surface area contributed by atoms with Gasteiger partial charge in [0.05, 0.1) is 32.2 Å². The Kier molecular flexibility index (Phi) is 16.0. The molecule has 5 aromatic rings. The fraction of sp³-hybridized carbons (Fsp3) is 0.370. The molecule has 6 rings (SSSR count). The molecule has 4 heterocycles. The number of quaternary nitrogens is 1. The van der Waals surface area contributed by atoms with Crippen molar-refractivity contribution in [1.82, 2.24) is 35.1 Å². The van der Waals surface area contributed by atoms with Crippen LogP contribution >= 0.6 is 11.6 Å². The van der Waals surface area contributed by atoms with E-state index < -0.39 is 5.91 Å². The van der Waals surface area contributed by atoms with Crippen LogP contribution in [0.1, 0.15) is 58.4 Å². The molecule has 3 aromatic heterocycles. The number of hydrogen-bond acceptors (Lipinski definition) is 11. The third-order valence-electron chi connectivity index (χ3n) is 11.2. The maximum absolute atomic E-state index is 13.4. The van der Waals surface area contributed by atoms with Gasteiger partial charge in [0, 0.05) is 64.8 Å². The fourth-order valence-corrected chi connectivity index (χ4v) is 7.90. The lowest BCUT2D eigenvalue weighted by molar-refractivity contribution is -0.933. The Labute approximate surface area is 368 Å². The first-order chi connectivity index (χ1) is 29.9. The van der Waals surface area contributed by atoms with Crippen LogP contribution < -0.4 is 26.3 Å². The summed E-state index contributed by atoms with van der Waals surface area (Å²) >= 11 is 6.09. The number of nitrogens with one attached hydrogen (secondary N) is 1. The lowest BCUT2D eigenvalue weighted by atomic mass is 9.99. The highest BCUT2D eigenvalue weighted by Gasteiger charge is 2.36. The predicted octanol–water partition coefficient (Wildman–Crippen LogP) is 5.13. The molecule has 15 nitrogen and oxygen atoms in total. The molecule has 16 heteroatoms. The molecule has 0 aliphatic carbocycles. The van der Waals surface area contributed by atoms with Crippen molar-refractivity contribution in [1.29, 1.82) is 0 Å². The molecule has 3 amide bonds. The summed E-state index contributed by atoms with van der Waals surface area (Å²) in [6.07, 6.45) is 12.2. The normalized spacial score (nSPS) is 14.4. The monoisotopic (exact) mass is 863 g/mol. The molecule has 1 saturated heterocycles. The van der Waals surface area contributed by atoms with Crippen LogP contribution in [0.5, 0.6) is 11.5 Å². The van der Waals surface area contributed by atoms with E-state index in [-0.39, 0.29) is 53.6 Å². The van der Waals surface area contributed by atoms with Crippen molar-refractivity contribution in [3.8, 4) is 11.5 Å². The van der Waals surface area contributed by atoms with Crippen molar-refractivity contribution in [2.24, 2.45) is 0 Å². The smallest absolute Gasteiger partial charge is 0.274 e. The molecule has 2 aromatic carbocycles. The summed E-state index contributed by atoms with van der Waals surface area (Å²) in [6.45, 7) is 4.48. The number of ether oxygens (including phenoxy) is 2. The lowest BCUT2D eigenvalue weighted by Gasteiger charge is -2.45. The number of rotatable bonds is 20. The zero-order valence-electron chi connectivity index (χ0n) is 35.4. The molecule has 1 fully saturated rings. The second-order valence-corrected chi connectivity index (χ2v) is 16.3. The Hall–Kier alpha value is -6.32. The van der Waals surface area contributed by atoms with Crippen LogP contribution in [-0.4, -0.2) is 111 Å².